The minimum Gasteiger partial charge on any atom is -0.366 e. The molecule has 0 fully saturated rings. The van der Waals surface area contributed by atoms with Gasteiger partial charge in [0.2, 0.25) is 5.91 Å². The van der Waals surface area contributed by atoms with Crippen LogP contribution in [0.4, 0.5) is 13.2 Å². The van der Waals surface area contributed by atoms with E-state index in [1.807, 2.05) is 0 Å². The molecule has 2 atom stereocenters. The van der Waals surface area contributed by atoms with Crippen LogP contribution in [0.25, 0.3) is 0 Å². The van der Waals surface area contributed by atoms with Crippen LogP contribution in [-0.4, -0.2) is 12.1 Å². The zero-order valence-electron chi connectivity index (χ0n) is 9.84. The van der Waals surface area contributed by atoms with E-state index in [-0.39, 0.29) is 18.4 Å². The van der Waals surface area contributed by atoms with Crippen molar-refractivity contribution in [3.63, 3.8) is 0 Å². The first-order chi connectivity index (χ1) is 7.80. The Morgan fingerprint density at radius 3 is 2.41 bits per heavy atom. The number of hydrogen-bond acceptors (Lipinski definition) is 1. The highest BCUT2D eigenvalue weighted by Gasteiger charge is 2.57. The molecule has 0 aromatic carbocycles. The Hall–Kier alpha value is -1.26. The number of alkyl halides is 3. The molecular weight excluding hydrogens is 231 g/mol. The van der Waals surface area contributed by atoms with E-state index in [1.165, 1.54) is 19.1 Å². The quantitative estimate of drug-likeness (QED) is 0.818. The molecule has 2 nitrogen and oxygen atoms in total. The number of nitrogens with two attached hydrogens (primary N) is 1. The highest BCUT2D eigenvalue weighted by molar-refractivity contribution is 5.93. The molecule has 1 rings (SSSR count). The van der Waals surface area contributed by atoms with Crippen LogP contribution in [0.5, 0.6) is 0 Å². The Balaban J connectivity index is 3.31. The predicted octanol–water partition coefficient (Wildman–Crippen LogP) is 2.95. The van der Waals surface area contributed by atoms with Crippen molar-refractivity contribution >= 4 is 5.91 Å². The fourth-order valence-electron chi connectivity index (χ4n) is 2.53. The zero-order valence-corrected chi connectivity index (χ0v) is 9.84. The second kappa shape index (κ2) is 4.55. The van der Waals surface area contributed by atoms with Crippen molar-refractivity contribution in [2.24, 2.45) is 17.1 Å². The Morgan fingerprint density at radius 1 is 1.47 bits per heavy atom. The van der Waals surface area contributed by atoms with E-state index in [0.717, 1.165) is 6.08 Å². The molecular formula is C12H16F3NO. The molecule has 0 aromatic heterocycles. The third kappa shape index (κ3) is 2.10. The van der Waals surface area contributed by atoms with Gasteiger partial charge >= 0.3 is 6.18 Å². The summed E-state index contributed by atoms with van der Waals surface area (Å²) in [4.78, 5) is 11.2. The molecule has 0 heterocycles. The Bertz CT molecular complexity index is 370. The fourth-order valence-corrected chi connectivity index (χ4v) is 2.53. The van der Waals surface area contributed by atoms with Gasteiger partial charge in [0.15, 0.2) is 0 Å². The molecule has 0 aliphatic heterocycles. The van der Waals surface area contributed by atoms with Crippen LogP contribution < -0.4 is 5.73 Å². The van der Waals surface area contributed by atoms with Crippen molar-refractivity contribution in [2.75, 3.05) is 0 Å². The van der Waals surface area contributed by atoms with Crippen LogP contribution in [0.1, 0.15) is 26.7 Å². The SMILES string of the molecule is CCC1C(C(N)=O)=CC=CC1(CC)C(F)(F)F. The lowest BCUT2D eigenvalue weighted by Crippen LogP contribution is -2.46. The maximum absolute atomic E-state index is 13.2. The second-order valence-electron chi connectivity index (χ2n) is 4.20. The first-order valence-electron chi connectivity index (χ1n) is 5.56. The number of carbonyl (C=O) groups excluding carboxylic acids is 1. The van der Waals surface area contributed by atoms with E-state index in [2.05, 4.69) is 0 Å². The molecule has 0 aromatic rings. The van der Waals surface area contributed by atoms with E-state index < -0.39 is 23.4 Å². The molecule has 0 saturated heterocycles. The summed E-state index contributed by atoms with van der Waals surface area (Å²) < 4.78 is 39.7. The van der Waals surface area contributed by atoms with Crippen molar-refractivity contribution in [2.45, 2.75) is 32.9 Å². The maximum atomic E-state index is 13.2. The second-order valence-corrected chi connectivity index (χ2v) is 4.20. The molecule has 0 saturated carbocycles. The standard InChI is InChI=1S/C12H16F3NO/c1-3-9-8(10(16)17)6-5-7-11(9,4-2)12(13,14)15/h5-7,9H,3-4H2,1-2H3,(H2,16,17). The summed E-state index contributed by atoms with van der Waals surface area (Å²) in [6, 6.07) is 0. The van der Waals surface area contributed by atoms with Gasteiger partial charge in [-0.1, -0.05) is 32.1 Å². The van der Waals surface area contributed by atoms with Crippen LogP contribution in [0.3, 0.4) is 0 Å². The molecule has 17 heavy (non-hydrogen) atoms. The van der Waals surface area contributed by atoms with Crippen LogP contribution >= 0.6 is 0 Å². The first kappa shape index (κ1) is 13.8. The van der Waals surface area contributed by atoms with Gasteiger partial charge in [-0.3, -0.25) is 4.79 Å². The molecule has 0 spiro atoms. The lowest BCUT2D eigenvalue weighted by atomic mass is 9.65. The first-order valence-corrected chi connectivity index (χ1v) is 5.56. The fraction of sp³-hybridized carbons (Fsp3) is 0.583. The summed E-state index contributed by atoms with van der Waals surface area (Å²) in [5, 5.41) is 0. The van der Waals surface area contributed by atoms with Crippen molar-refractivity contribution in [3.8, 4) is 0 Å². The summed E-state index contributed by atoms with van der Waals surface area (Å²) in [7, 11) is 0. The van der Waals surface area contributed by atoms with Gasteiger partial charge in [-0.15, -0.1) is 0 Å². The smallest absolute Gasteiger partial charge is 0.366 e. The molecule has 1 aliphatic carbocycles. The molecule has 5 heteroatoms. The molecule has 2 N–H and O–H groups in total. The number of amides is 1. The maximum Gasteiger partial charge on any atom is 0.398 e. The summed E-state index contributed by atoms with van der Waals surface area (Å²) in [5.41, 5.74) is 3.24. The van der Waals surface area contributed by atoms with E-state index in [0.29, 0.717) is 0 Å². The predicted molar refractivity (Wildman–Crippen MR) is 59.0 cm³/mol. The van der Waals surface area contributed by atoms with Gasteiger partial charge < -0.3 is 5.73 Å². The minimum atomic E-state index is -4.38. The third-order valence-corrected chi connectivity index (χ3v) is 3.47. The average Bonchev–Trinajstić information content (AvgIpc) is 2.25. The summed E-state index contributed by atoms with van der Waals surface area (Å²) in [6.45, 7) is 3.11. The van der Waals surface area contributed by atoms with E-state index in [9.17, 15) is 18.0 Å². The van der Waals surface area contributed by atoms with Crippen LogP contribution in [0.2, 0.25) is 0 Å². The van der Waals surface area contributed by atoms with E-state index in [4.69, 9.17) is 5.73 Å². The number of carbonyl (C=O) groups is 1. The Morgan fingerprint density at radius 2 is 2.06 bits per heavy atom. The topological polar surface area (TPSA) is 43.1 Å². The van der Waals surface area contributed by atoms with Crippen LogP contribution in [0, 0.1) is 11.3 Å². The molecule has 0 radical (unpaired) electrons. The van der Waals surface area contributed by atoms with Crippen LogP contribution in [-0.2, 0) is 4.79 Å². The molecule has 1 aliphatic rings. The normalized spacial score (nSPS) is 29.0. The number of rotatable bonds is 3. The number of allylic oxidation sites excluding steroid dienone is 3. The monoisotopic (exact) mass is 247 g/mol. The number of primary amides is 1. The highest BCUT2D eigenvalue weighted by atomic mass is 19.4. The van der Waals surface area contributed by atoms with Crippen molar-refractivity contribution in [3.05, 3.63) is 23.8 Å². The van der Waals surface area contributed by atoms with E-state index >= 15 is 0 Å². The van der Waals surface area contributed by atoms with Gasteiger partial charge in [0.05, 0.1) is 5.41 Å². The zero-order chi connectivity index (χ0) is 13.3. The van der Waals surface area contributed by atoms with Crippen LogP contribution in [0.15, 0.2) is 23.8 Å². The van der Waals surface area contributed by atoms with Crippen molar-refractivity contribution < 1.29 is 18.0 Å². The number of halogens is 3. The van der Waals surface area contributed by atoms with Crippen molar-refractivity contribution in [1.29, 1.82) is 0 Å². The highest BCUT2D eigenvalue weighted by Crippen LogP contribution is 2.53. The lowest BCUT2D eigenvalue weighted by Gasteiger charge is -2.41. The molecule has 0 bridgehead atoms. The van der Waals surface area contributed by atoms with Gasteiger partial charge in [0, 0.05) is 11.5 Å². The molecule has 96 valence electrons. The van der Waals surface area contributed by atoms with Gasteiger partial charge in [0.25, 0.3) is 0 Å². The largest absolute Gasteiger partial charge is 0.398 e. The van der Waals surface area contributed by atoms with Gasteiger partial charge in [-0.05, 0) is 12.8 Å². The third-order valence-electron chi connectivity index (χ3n) is 3.47. The summed E-state index contributed by atoms with van der Waals surface area (Å²) >= 11 is 0. The van der Waals surface area contributed by atoms with Gasteiger partial charge in [-0.2, -0.15) is 13.2 Å². The number of hydrogen-bond donors (Lipinski definition) is 1. The minimum absolute atomic E-state index is 0.0641. The molecule has 1 amide bonds. The Labute approximate surface area is 98.4 Å². The molecule has 2 unspecified atom stereocenters. The Kier molecular flexibility index (Phi) is 3.69. The summed E-state index contributed by atoms with van der Waals surface area (Å²) in [6.07, 6.45) is -0.441. The van der Waals surface area contributed by atoms with Gasteiger partial charge in [-0.25, -0.2) is 0 Å². The lowest BCUT2D eigenvalue weighted by molar-refractivity contribution is -0.221. The average molecular weight is 247 g/mol. The van der Waals surface area contributed by atoms with Gasteiger partial charge in [0.1, 0.15) is 0 Å². The van der Waals surface area contributed by atoms with E-state index in [1.54, 1.807) is 6.92 Å². The van der Waals surface area contributed by atoms with Crippen molar-refractivity contribution in [1.82, 2.24) is 0 Å². The summed E-state index contributed by atoms with van der Waals surface area (Å²) in [5.74, 6) is -1.67.